The van der Waals surface area contributed by atoms with Crippen LogP contribution in [0, 0.1) is 0 Å². The van der Waals surface area contributed by atoms with E-state index in [4.69, 9.17) is 5.73 Å². The van der Waals surface area contributed by atoms with Gasteiger partial charge in [-0.3, -0.25) is 9.59 Å². The first-order valence-electron chi connectivity index (χ1n) is 6.90. The molecule has 1 aromatic rings. The minimum atomic E-state index is -0.208. The van der Waals surface area contributed by atoms with Crippen molar-refractivity contribution in [2.24, 2.45) is 0 Å². The van der Waals surface area contributed by atoms with Crippen molar-refractivity contribution in [2.45, 2.75) is 51.1 Å². The first-order chi connectivity index (χ1) is 9.15. The SMILES string of the molecule is Nc1cn(CC(=O)NC2CCCCCC2)ccc1=O. The van der Waals surface area contributed by atoms with E-state index in [0.717, 1.165) is 12.8 Å². The highest BCUT2D eigenvalue weighted by Crippen LogP contribution is 2.17. The normalized spacial score (nSPS) is 16.8. The summed E-state index contributed by atoms with van der Waals surface area (Å²) >= 11 is 0. The average Bonchev–Trinajstić information content (AvgIpc) is 2.62. The zero-order chi connectivity index (χ0) is 13.7. The molecule has 5 heteroatoms. The summed E-state index contributed by atoms with van der Waals surface area (Å²) in [5, 5.41) is 3.06. The summed E-state index contributed by atoms with van der Waals surface area (Å²) in [6, 6.07) is 1.68. The largest absolute Gasteiger partial charge is 0.394 e. The molecule has 0 aliphatic heterocycles. The molecular weight excluding hydrogens is 242 g/mol. The molecule has 0 atom stereocenters. The molecule has 0 bridgehead atoms. The third-order valence-electron chi connectivity index (χ3n) is 3.55. The Bertz CT molecular complexity index is 488. The van der Waals surface area contributed by atoms with Crippen molar-refractivity contribution in [3.8, 4) is 0 Å². The van der Waals surface area contributed by atoms with Crippen molar-refractivity contribution in [1.82, 2.24) is 9.88 Å². The van der Waals surface area contributed by atoms with Crippen molar-refractivity contribution in [2.75, 3.05) is 5.73 Å². The van der Waals surface area contributed by atoms with Gasteiger partial charge in [-0.1, -0.05) is 25.7 Å². The van der Waals surface area contributed by atoms with Crippen LogP contribution in [0.15, 0.2) is 23.3 Å². The van der Waals surface area contributed by atoms with Crippen LogP contribution in [-0.2, 0) is 11.3 Å². The monoisotopic (exact) mass is 263 g/mol. The Hall–Kier alpha value is -1.78. The van der Waals surface area contributed by atoms with Crippen molar-refractivity contribution in [1.29, 1.82) is 0 Å². The van der Waals surface area contributed by atoms with Crippen molar-refractivity contribution < 1.29 is 4.79 Å². The van der Waals surface area contributed by atoms with Gasteiger partial charge in [-0.15, -0.1) is 0 Å². The Kier molecular flexibility index (Phi) is 4.60. The summed E-state index contributed by atoms with van der Waals surface area (Å²) in [4.78, 5) is 23.1. The molecular formula is C14H21N3O2. The Morgan fingerprint density at radius 3 is 2.63 bits per heavy atom. The third-order valence-corrected chi connectivity index (χ3v) is 3.55. The van der Waals surface area contributed by atoms with Gasteiger partial charge in [0, 0.05) is 24.5 Å². The van der Waals surface area contributed by atoms with Crippen LogP contribution < -0.4 is 16.5 Å². The van der Waals surface area contributed by atoms with Crippen LogP contribution in [0.4, 0.5) is 5.69 Å². The molecule has 1 fully saturated rings. The first-order valence-corrected chi connectivity index (χ1v) is 6.90. The second kappa shape index (κ2) is 6.41. The Balaban J connectivity index is 1.89. The lowest BCUT2D eigenvalue weighted by Gasteiger charge is -2.16. The molecule has 1 aliphatic rings. The molecule has 0 aromatic carbocycles. The number of nitrogens with one attached hydrogen (secondary N) is 1. The molecule has 1 aliphatic carbocycles. The molecule has 2 rings (SSSR count). The number of nitrogens with two attached hydrogens (primary N) is 1. The molecule has 104 valence electrons. The molecule has 0 spiro atoms. The summed E-state index contributed by atoms with van der Waals surface area (Å²) in [6.45, 7) is 0.209. The maximum absolute atomic E-state index is 11.9. The van der Waals surface area contributed by atoms with Crippen molar-refractivity contribution in [3.63, 3.8) is 0 Å². The number of hydrogen-bond donors (Lipinski definition) is 2. The highest BCUT2D eigenvalue weighted by atomic mass is 16.2. The van der Waals surface area contributed by atoms with E-state index in [1.807, 2.05) is 0 Å². The number of aromatic nitrogens is 1. The van der Waals surface area contributed by atoms with Crippen LogP contribution in [0.2, 0.25) is 0 Å². The van der Waals surface area contributed by atoms with Crippen LogP contribution in [0.25, 0.3) is 0 Å². The maximum Gasteiger partial charge on any atom is 0.240 e. The van der Waals surface area contributed by atoms with Gasteiger partial charge in [0.05, 0.1) is 5.69 Å². The number of carbonyl (C=O) groups is 1. The number of nitrogens with zero attached hydrogens (tertiary/aromatic N) is 1. The van der Waals surface area contributed by atoms with E-state index in [0.29, 0.717) is 6.04 Å². The van der Waals surface area contributed by atoms with Crippen LogP contribution in [0.5, 0.6) is 0 Å². The van der Waals surface area contributed by atoms with Crippen LogP contribution >= 0.6 is 0 Å². The Morgan fingerprint density at radius 2 is 2.00 bits per heavy atom. The van der Waals surface area contributed by atoms with Crippen molar-refractivity contribution >= 4 is 11.6 Å². The molecule has 1 heterocycles. The number of pyridine rings is 1. The lowest BCUT2D eigenvalue weighted by molar-refractivity contribution is -0.122. The number of hydrogen-bond acceptors (Lipinski definition) is 3. The molecule has 1 aromatic heterocycles. The van der Waals surface area contributed by atoms with E-state index in [2.05, 4.69) is 5.32 Å². The average molecular weight is 263 g/mol. The number of rotatable bonds is 3. The Morgan fingerprint density at radius 1 is 1.32 bits per heavy atom. The predicted molar refractivity (Wildman–Crippen MR) is 74.7 cm³/mol. The fourth-order valence-electron chi connectivity index (χ4n) is 2.51. The van der Waals surface area contributed by atoms with E-state index in [9.17, 15) is 9.59 Å². The van der Waals surface area contributed by atoms with E-state index >= 15 is 0 Å². The number of carbonyl (C=O) groups excluding carboxylic acids is 1. The van der Waals surface area contributed by atoms with Gasteiger partial charge in [0.15, 0.2) is 0 Å². The second-order valence-corrected chi connectivity index (χ2v) is 5.19. The summed E-state index contributed by atoms with van der Waals surface area (Å²) in [5.41, 5.74) is 5.50. The zero-order valence-corrected chi connectivity index (χ0v) is 11.1. The highest BCUT2D eigenvalue weighted by Gasteiger charge is 2.14. The van der Waals surface area contributed by atoms with Gasteiger partial charge in [-0.25, -0.2) is 0 Å². The maximum atomic E-state index is 11.9. The second-order valence-electron chi connectivity index (χ2n) is 5.19. The molecule has 0 saturated heterocycles. The van der Waals surface area contributed by atoms with Crippen LogP contribution in [0.3, 0.4) is 0 Å². The smallest absolute Gasteiger partial charge is 0.240 e. The minimum absolute atomic E-state index is 0.0186. The van der Waals surface area contributed by atoms with Gasteiger partial charge >= 0.3 is 0 Å². The molecule has 19 heavy (non-hydrogen) atoms. The van der Waals surface area contributed by atoms with E-state index < -0.39 is 0 Å². The lowest BCUT2D eigenvalue weighted by atomic mass is 10.1. The molecule has 1 amide bonds. The van der Waals surface area contributed by atoms with E-state index in [1.165, 1.54) is 37.9 Å². The Labute approximate surface area is 112 Å². The number of anilines is 1. The zero-order valence-electron chi connectivity index (χ0n) is 11.1. The van der Waals surface area contributed by atoms with Gasteiger partial charge in [-0.05, 0) is 12.8 Å². The summed E-state index contributed by atoms with van der Waals surface area (Å²) in [7, 11) is 0. The van der Waals surface area contributed by atoms with Gasteiger partial charge in [0.1, 0.15) is 6.54 Å². The molecule has 0 unspecified atom stereocenters. The fourth-order valence-corrected chi connectivity index (χ4v) is 2.51. The van der Waals surface area contributed by atoms with Crippen molar-refractivity contribution in [3.05, 3.63) is 28.7 Å². The molecule has 0 radical (unpaired) electrons. The highest BCUT2D eigenvalue weighted by molar-refractivity contribution is 5.76. The van der Waals surface area contributed by atoms with E-state index in [1.54, 1.807) is 10.8 Å². The van der Waals surface area contributed by atoms with Gasteiger partial charge in [0.25, 0.3) is 0 Å². The molecule has 1 saturated carbocycles. The quantitative estimate of drug-likeness (QED) is 0.806. The fraction of sp³-hybridized carbons (Fsp3) is 0.571. The first kappa shape index (κ1) is 13.6. The summed E-state index contributed by atoms with van der Waals surface area (Å²) in [5.74, 6) is -0.0186. The topological polar surface area (TPSA) is 77.1 Å². The summed E-state index contributed by atoms with van der Waals surface area (Å²) < 4.78 is 1.64. The minimum Gasteiger partial charge on any atom is -0.394 e. The molecule has 5 nitrogen and oxygen atoms in total. The van der Waals surface area contributed by atoms with E-state index in [-0.39, 0.29) is 23.6 Å². The predicted octanol–water partition coefficient (Wildman–Crippen LogP) is 1.27. The number of amides is 1. The van der Waals surface area contributed by atoms with Gasteiger partial charge in [0.2, 0.25) is 11.3 Å². The van der Waals surface area contributed by atoms with Gasteiger partial charge in [-0.2, -0.15) is 0 Å². The van der Waals surface area contributed by atoms with Gasteiger partial charge < -0.3 is 15.6 Å². The molecule has 3 N–H and O–H groups in total. The summed E-state index contributed by atoms with van der Waals surface area (Å²) in [6.07, 6.45) is 10.1. The third kappa shape index (κ3) is 4.12. The van der Waals surface area contributed by atoms with Crippen LogP contribution in [0.1, 0.15) is 38.5 Å². The standard InChI is InChI=1S/C14H21N3O2/c15-12-9-17(8-7-13(12)18)10-14(19)16-11-5-3-1-2-4-6-11/h7-9,11H,1-6,10,15H2,(H,16,19). The number of nitrogen functional groups attached to an aromatic ring is 1. The lowest BCUT2D eigenvalue weighted by Crippen LogP contribution is -2.36. The van der Waals surface area contributed by atoms with Crippen LogP contribution in [-0.4, -0.2) is 16.5 Å².